The molecule has 2 amide bonds. The number of sulfonamides is 1. The van der Waals surface area contributed by atoms with Gasteiger partial charge in [-0.05, 0) is 37.1 Å². The van der Waals surface area contributed by atoms with Crippen LogP contribution in [-0.2, 0) is 19.9 Å². The fourth-order valence-electron chi connectivity index (χ4n) is 3.50. The molecule has 0 spiro atoms. The fraction of sp³-hybridized carbons (Fsp3) is 0.350. The molecule has 3 rings (SSSR count). The zero-order chi connectivity index (χ0) is 21.8. The maximum absolute atomic E-state index is 13.3. The second-order valence-electron chi connectivity index (χ2n) is 7.19. The summed E-state index contributed by atoms with van der Waals surface area (Å²) in [6, 6.07) is 13.7. The van der Waals surface area contributed by atoms with Crippen molar-refractivity contribution in [1.82, 2.24) is 9.62 Å². The fourth-order valence-corrected chi connectivity index (χ4v) is 6.79. The summed E-state index contributed by atoms with van der Waals surface area (Å²) in [6.45, 7) is 0.395. The van der Waals surface area contributed by atoms with Crippen LogP contribution in [0.5, 0.6) is 0 Å². The molecule has 1 unspecified atom stereocenters. The molecule has 1 heterocycles. The third-order valence-electron chi connectivity index (χ3n) is 4.94. The highest BCUT2D eigenvalue weighted by molar-refractivity contribution is 7.93. The van der Waals surface area contributed by atoms with Crippen LogP contribution in [0, 0.1) is 0 Å². The highest BCUT2D eigenvalue weighted by atomic mass is 32.2. The van der Waals surface area contributed by atoms with E-state index in [0.717, 1.165) is 12.7 Å². The molecule has 2 aromatic rings. The van der Waals surface area contributed by atoms with Crippen molar-refractivity contribution in [2.45, 2.75) is 35.1 Å². The molecule has 2 aromatic carbocycles. The van der Waals surface area contributed by atoms with Gasteiger partial charge in [0.25, 0.3) is 0 Å². The molecule has 30 heavy (non-hydrogen) atoms. The number of sulfone groups is 1. The van der Waals surface area contributed by atoms with E-state index in [1.165, 1.54) is 28.6 Å². The summed E-state index contributed by atoms with van der Waals surface area (Å²) in [5, 5.41) is 5.42. The van der Waals surface area contributed by atoms with E-state index >= 15 is 0 Å². The molecular formula is C20H25N3O5S2. The second kappa shape index (κ2) is 9.15. The summed E-state index contributed by atoms with van der Waals surface area (Å²) in [5.41, 5.74) is 0.630. The van der Waals surface area contributed by atoms with Crippen LogP contribution < -0.4 is 10.6 Å². The number of para-hydroxylation sites is 1. The lowest BCUT2D eigenvalue weighted by molar-refractivity contribution is 0.231. The smallest absolute Gasteiger partial charge is 0.319 e. The minimum Gasteiger partial charge on any atom is -0.336 e. The van der Waals surface area contributed by atoms with E-state index in [0.29, 0.717) is 18.5 Å². The number of piperidine rings is 1. The summed E-state index contributed by atoms with van der Waals surface area (Å²) in [6.07, 6.45) is 3.07. The Bertz CT molecular complexity index is 1100. The lowest BCUT2D eigenvalue weighted by Crippen LogP contribution is -2.50. The van der Waals surface area contributed by atoms with Crippen molar-refractivity contribution in [2.24, 2.45) is 0 Å². The van der Waals surface area contributed by atoms with Gasteiger partial charge in [0.2, 0.25) is 10.0 Å². The topological polar surface area (TPSA) is 113 Å². The van der Waals surface area contributed by atoms with Crippen LogP contribution in [0.4, 0.5) is 10.5 Å². The van der Waals surface area contributed by atoms with Gasteiger partial charge in [-0.1, -0.05) is 36.8 Å². The van der Waals surface area contributed by atoms with Gasteiger partial charge >= 0.3 is 6.03 Å². The first-order valence-electron chi connectivity index (χ1n) is 9.60. The molecule has 8 nitrogen and oxygen atoms in total. The number of carbonyl (C=O) groups excluding carboxylic acids is 1. The Morgan fingerprint density at radius 2 is 1.60 bits per heavy atom. The molecule has 1 saturated heterocycles. The molecule has 0 aromatic heterocycles. The lowest BCUT2D eigenvalue weighted by Gasteiger charge is -2.35. The molecule has 0 saturated carbocycles. The van der Waals surface area contributed by atoms with Gasteiger partial charge in [-0.15, -0.1) is 0 Å². The van der Waals surface area contributed by atoms with E-state index in [-0.39, 0.29) is 22.9 Å². The van der Waals surface area contributed by atoms with Crippen molar-refractivity contribution in [2.75, 3.05) is 24.7 Å². The van der Waals surface area contributed by atoms with Gasteiger partial charge in [0.15, 0.2) is 9.84 Å². The number of carbonyl (C=O) groups is 1. The molecule has 0 bridgehead atoms. The van der Waals surface area contributed by atoms with Crippen molar-refractivity contribution >= 4 is 31.6 Å². The first-order chi connectivity index (χ1) is 14.2. The number of nitrogens with one attached hydrogen (secondary N) is 2. The molecule has 1 fully saturated rings. The number of nitrogens with zero attached hydrogens (tertiary/aromatic N) is 1. The second-order valence-corrected chi connectivity index (χ2v) is 11.0. The summed E-state index contributed by atoms with van der Waals surface area (Å²) in [5.74, 6) is 0. The highest BCUT2D eigenvalue weighted by Crippen LogP contribution is 2.29. The average Bonchev–Trinajstić information content (AvgIpc) is 2.72. The van der Waals surface area contributed by atoms with Crippen LogP contribution in [0.2, 0.25) is 0 Å². The van der Waals surface area contributed by atoms with E-state index in [1.807, 2.05) is 6.07 Å². The summed E-state index contributed by atoms with van der Waals surface area (Å²) in [7, 11) is -7.77. The third-order valence-corrected chi connectivity index (χ3v) is 8.23. The molecule has 162 valence electrons. The Labute approximate surface area is 177 Å². The molecule has 0 aliphatic carbocycles. The number of hydrogen-bond donors (Lipinski definition) is 2. The normalized spacial score (nSPS) is 18.0. The number of anilines is 1. The Kier molecular flexibility index (Phi) is 6.79. The van der Waals surface area contributed by atoms with Crippen LogP contribution in [0.3, 0.4) is 0 Å². The van der Waals surface area contributed by atoms with Gasteiger partial charge < -0.3 is 10.6 Å². The zero-order valence-corrected chi connectivity index (χ0v) is 18.2. The van der Waals surface area contributed by atoms with E-state index in [1.54, 1.807) is 24.3 Å². The standard InChI is InChI=1S/C20H25N3O5S2/c1-29(25,26)18-12-5-6-13-19(18)30(27,28)23-14-8-7-11-17(23)15-21-20(24)22-16-9-3-2-4-10-16/h2-6,9-10,12-13,17H,7-8,11,14-15H2,1H3,(H2,21,22,24). The highest BCUT2D eigenvalue weighted by Gasteiger charge is 2.36. The van der Waals surface area contributed by atoms with Gasteiger partial charge in [-0.25, -0.2) is 21.6 Å². The number of hydrogen-bond acceptors (Lipinski definition) is 5. The molecular weight excluding hydrogens is 426 g/mol. The molecule has 2 N–H and O–H groups in total. The Morgan fingerprint density at radius 3 is 2.27 bits per heavy atom. The van der Waals surface area contributed by atoms with Crippen molar-refractivity contribution in [3.05, 3.63) is 54.6 Å². The lowest BCUT2D eigenvalue weighted by atomic mass is 10.1. The number of benzene rings is 2. The SMILES string of the molecule is CS(=O)(=O)c1ccccc1S(=O)(=O)N1CCCCC1CNC(=O)Nc1ccccc1. The quantitative estimate of drug-likeness (QED) is 0.701. The van der Waals surface area contributed by atoms with Crippen molar-refractivity contribution in [3.63, 3.8) is 0 Å². The molecule has 1 aliphatic rings. The predicted octanol–water partition coefficient (Wildman–Crippen LogP) is 2.46. The Balaban J connectivity index is 1.78. The first-order valence-corrected chi connectivity index (χ1v) is 12.9. The van der Waals surface area contributed by atoms with Crippen molar-refractivity contribution in [3.8, 4) is 0 Å². The van der Waals surface area contributed by atoms with Crippen LogP contribution in [0.25, 0.3) is 0 Å². The van der Waals surface area contributed by atoms with E-state index in [4.69, 9.17) is 0 Å². The van der Waals surface area contributed by atoms with Crippen LogP contribution in [0.1, 0.15) is 19.3 Å². The number of amides is 2. The van der Waals surface area contributed by atoms with E-state index in [2.05, 4.69) is 10.6 Å². The van der Waals surface area contributed by atoms with E-state index < -0.39 is 31.9 Å². The van der Waals surface area contributed by atoms with Crippen molar-refractivity contribution < 1.29 is 21.6 Å². The molecule has 0 radical (unpaired) electrons. The number of urea groups is 1. The van der Waals surface area contributed by atoms with Gasteiger partial charge in [-0.3, -0.25) is 0 Å². The summed E-state index contributed by atoms with van der Waals surface area (Å²) >= 11 is 0. The molecule has 1 aliphatic heterocycles. The van der Waals surface area contributed by atoms with Gasteiger partial charge in [0.05, 0.1) is 4.90 Å². The molecule has 10 heteroatoms. The molecule has 1 atom stereocenters. The summed E-state index contributed by atoms with van der Waals surface area (Å²) in [4.78, 5) is 11.8. The third kappa shape index (κ3) is 5.18. The minimum absolute atomic E-state index is 0.124. The maximum Gasteiger partial charge on any atom is 0.319 e. The minimum atomic E-state index is -4.05. The predicted molar refractivity (Wildman–Crippen MR) is 115 cm³/mol. The summed E-state index contributed by atoms with van der Waals surface area (Å²) < 4.78 is 52.2. The Hall–Kier alpha value is -2.43. The number of rotatable bonds is 6. The monoisotopic (exact) mass is 451 g/mol. The maximum atomic E-state index is 13.3. The van der Waals surface area contributed by atoms with Crippen LogP contribution in [-0.4, -0.2) is 52.6 Å². The average molecular weight is 452 g/mol. The zero-order valence-electron chi connectivity index (χ0n) is 16.6. The first kappa shape index (κ1) is 22.3. The van der Waals surface area contributed by atoms with Gasteiger partial charge in [0, 0.05) is 31.1 Å². The van der Waals surface area contributed by atoms with Crippen molar-refractivity contribution in [1.29, 1.82) is 0 Å². The van der Waals surface area contributed by atoms with E-state index in [9.17, 15) is 21.6 Å². The Morgan fingerprint density at radius 1 is 0.967 bits per heavy atom. The largest absolute Gasteiger partial charge is 0.336 e. The van der Waals surface area contributed by atoms with Gasteiger partial charge in [-0.2, -0.15) is 4.31 Å². The van der Waals surface area contributed by atoms with Crippen LogP contribution in [0.15, 0.2) is 64.4 Å². The van der Waals surface area contributed by atoms with Crippen LogP contribution >= 0.6 is 0 Å². The van der Waals surface area contributed by atoms with Gasteiger partial charge in [0.1, 0.15) is 4.90 Å².